The zero-order chi connectivity index (χ0) is 14.3. The topological polar surface area (TPSA) is 42.2 Å². The molecule has 0 atom stereocenters. The predicted molar refractivity (Wildman–Crippen MR) is 67.1 cm³/mol. The number of aromatic nitrogens is 1. The third-order valence-corrected chi connectivity index (χ3v) is 3.15. The molecule has 2 aromatic rings. The van der Waals surface area contributed by atoms with E-state index in [4.69, 9.17) is 16.7 Å². The van der Waals surface area contributed by atoms with E-state index in [0.29, 0.717) is 17.5 Å². The van der Waals surface area contributed by atoms with Crippen molar-refractivity contribution in [1.29, 1.82) is 0 Å². The van der Waals surface area contributed by atoms with E-state index in [9.17, 15) is 13.6 Å². The van der Waals surface area contributed by atoms with E-state index < -0.39 is 17.6 Å². The van der Waals surface area contributed by atoms with Gasteiger partial charge in [0.25, 0.3) is 0 Å². The van der Waals surface area contributed by atoms with Crippen molar-refractivity contribution in [2.75, 3.05) is 0 Å². The van der Waals surface area contributed by atoms with Gasteiger partial charge in [-0.3, -0.25) is 0 Å². The Labute approximate surface area is 113 Å². The van der Waals surface area contributed by atoms with Crippen LogP contribution in [0.5, 0.6) is 0 Å². The van der Waals surface area contributed by atoms with Crippen molar-refractivity contribution < 1.29 is 18.7 Å². The van der Waals surface area contributed by atoms with Gasteiger partial charge in [-0.25, -0.2) is 13.6 Å². The van der Waals surface area contributed by atoms with Crippen LogP contribution >= 0.6 is 11.6 Å². The van der Waals surface area contributed by atoms with Gasteiger partial charge in [0.1, 0.15) is 11.5 Å². The SMILES string of the molecule is Cc1cc(C(=O)O)c(C)n1-c1c(F)cc(F)cc1Cl. The number of hydrogen-bond acceptors (Lipinski definition) is 1. The summed E-state index contributed by atoms with van der Waals surface area (Å²) in [7, 11) is 0. The van der Waals surface area contributed by atoms with Crippen LogP contribution in [-0.4, -0.2) is 15.6 Å². The fraction of sp³-hybridized carbons (Fsp3) is 0.154. The second-order valence-corrected chi connectivity index (χ2v) is 4.55. The summed E-state index contributed by atoms with van der Waals surface area (Å²) in [6.45, 7) is 3.16. The number of aryl methyl sites for hydroxylation is 1. The Kier molecular flexibility index (Phi) is 3.32. The lowest BCUT2D eigenvalue weighted by molar-refractivity contribution is 0.0696. The standard InChI is InChI=1S/C13H10ClF2NO2/c1-6-3-9(13(18)19)7(2)17(6)12-10(14)4-8(15)5-11(12)16/h3-5H,1-2H3,(H,18,19). The molecular formula is C13H10ClF2NO2. The minimum atomic E-state index is -1.11. The second kappa shape index (κ2) is 4.66. The summed E-state index contributed by atoms with van der Waals surface area (Å²) in [6.07, 6.45) is 0. The first-order chi connectivity index (χ1) is 8.82. The van der Waals surface area contributed by atoms with Crippen molar-refractivity contribution in [1.82, 2.24) is 4.57 Å². The monoisotopic (exact) mass is 285 g/mol. The van der Waals surface area contributed by atoms with E-state index in [-0.39, 0.29) is 16.3 Å². The van der Waals surface area contributed by atoms with Gasteiger partial charge in [-0.15, -0.1) is 0 Å². The normalized spacial score (nSPS) is 10.8. The number of carboxylic acids is 1. The highest BCUT2D eigenvalue weighted by Crippen LogP contribution is 2.29. The highest BCUT2D eigenvalue weighted by atomic mass is 35.5. The van der Waals surface area contributed by atoms with Crippen LogP contribution in [0.2, 0.25) is 5.02 Å². The van der Waals surface area contributed by atoms with Crippen LogP contribution in [0.1, 0.15) is 21.7 Å². The van der Waals surface area contributed by atoms with Crippen LogP contribution in [0.15, 0.2) is 18.2 Å². The Hall–Kier alpha value is -1.88. The molecule has 0 unspecified atom stereocenters. The van der Waals surface area contributed by atoms with Gasteiger partial charge in [-0.2, -0.15) is 0 Å². The molecule has 0 fully saturated rings. The number of aromatic carboxylic acids is 1. The van der Waals surface area contributed by atoms with Crippen molar-refractivity contribution >= 4 is 17.6 Å². The molecule has 1 aromatic carbocycles. The van der Waals surface area contributed by atoms with Crippen LogP contribution in [0.4, 0.5) is 8.78 Å². The van der Waals surface area contributed by atoms with E-state index in [1.54, 1.807) is 6.92 Å². The molecule has 1 N–H and O–H groups in total. The van der Waals surface area contributed by atoms with Gasteiger partial charge < -0.3 is 9.67 Å². The maximum Gasteiger partial charge on any atom is 0.337 e. The lowest BCUT2D eigenvalue weighted by atomic mass is 10.2. The van der Waals surface area contributed by atoms with Crippen molar-refractivity contribution in [2.24, 2.45) is 0 Å². The third kappa shape index (κ3) is 2.21. The lowest BCUT2D eigenvalue weighted by Crippen LogP contribution is -2.05. The third-order valence-electron chi connectivity index (χ3n) is 2.87. The number of rotatable bonds is 2. The van der Waals surface area contributed by atoms with Gasteiger partial charge in [-0.05, 0) is 26.0 Å². The quantitative estimate of drug-likeness (QED) is 0.913. The van der Waals surface area contributed by atoms with Gasteiger partial charge in [0.2, 0.25) is 0 Å². The van der Waals surface area contributed by atoms with Crippen LogP contribution in [0, 0.1) is 25.5 Å². The number of halogens is 3. The summed E-state index contributed by atoms with van der Waals surface area (Å²) in [4.78, 5) is 11.0. The van der Waals surface area contributed by atoms with Gasteiger partial charge in [-0.1, -0.05) is 11.6 Å². The summed E-state index contributed by atoms with van der Waals surface area (Å²) < 4.78 is 28.3. The van der Waals surface area contributed by atoms with E-state index in [2.05, 4.69) is 0 Å². The second-order valence-electron chi connectivity index (χ2n) is 4.14. The Balaban J connectivity index is 2.77. The first kappa shape index (κ1) is 13.5. The molecule has 0 aliphatic carbocycles. The Morgan fingerprint density at radius 3 is 2.37 bits per heavy atom. The minimum Gasteiger partial charge on any atom is -0.478 e. The highest BCUT2D eigenvalue weighted by molar-refractivity contribution is 6.32. The van der Waals surface area contributed by atoms with E-state index in [0.717, 1.165) is 6.07 Å². The number of nitrogens with zero attached hydrogens (tertiary/aromatic N) is 1. The number of carbonyl (C=O) groups is 1. The predicted octanol–water partition coefficient (Wildman–Crippen LogP) is 3.72. The average molecular weight is 286 g/mol. The van der Waals surface area contributed by atoms with Crippen molar-refractivity contribution in [3.05, 3.63) is 51.8 Å². The molecule has 0 aliphatic heterocycles. The molecule has 0 spiro atoms. The maximum absolute atomic E-state index is 13.9. The molecule has 100 valence electrons. The first-order valence-electron chi connectivity index (χ1n) is 5.40. The molecule has 3 nitrogen and oxygen atoms in total. The summed E-state index contributed by atoms with van der Waals surface area (Å²) in [6, 6.07) is 3.11. The summed E-state index contributed by atoms with van der Waals surface area (Å²) >= 11 is 5.85. The molecule has 0 saturated carbocycles. The molecule has 2 rings (SSSR count). The molecule has 6 heteroatoms. The Morgan fingerprint density at radius 1 is 1.26 bits per heavy atom. The fourth-order valence-electron chi connectivity index (χ4n) is 2.07. The summed E-state index contributed by atoms with van der Waals surface area (Å²) in [5, 5.41) is 8.92. The molecule has 0 aliphatic rings. The molecular weight excluding hydrogens is 276 g/mol. The lowest BCUT2D eigenvalue weighted by Gasteiger charge is -2.12. The van der Waals surface area contributed by atoms with E-state index >= 15 is 0 Å². The zero-order valence-corrected chi connectivity index (χ0v) is 10.9. The number of carboxylic acid groups (broad SMARTS) is 1. The molecule has 0 radical (unpaired) electrons. The van der Waals surface area contributed by atoms with Crippen LogP contribution < -0.4 is 0 Å². The summed E-state index contributed by atoms with van der Waals surface area (Å²) in [5.41, 5.74) is 0.836. The van der Waals surface area contributed by atoms with E-state index in [1.807, 2.05) is 0 Å². The van der Waals surface area contributed by atoms with Gasteiger partial charge in [0.05, 0.1) is 10.6 Å². The van der Waals surface area contributed by atoms with Gasteiger partial charge in [0.15, 0.2) is 5.82 Å². The van der Waals surface area contributed by atoms with Gasteiger partial charge >= 0.3 is 5.97 Å². The molecule has 0 bridgehead atoms. The first-order valence-corrected chi connectivity index (χ1v) is 5.78. The Morgan fingerprint density at radius 2 is 1.89 bits per heavy atom. The number of hydrogen-bond donors (Lipinski definition) is 1. The average Bonchev–Trinajstić information content (AvgIpc) is 2.55. The molecule has 0 saturated heterocycles. The van der Waals surface area contributed by atoms with Crippen LogP contribution in [0.25, 0.3) is 5.69 Å². The highest BCUT2D eigenvalue weighted by Gasteiger charge is 2.20. The molecule has 0 amide bonds. The Bertz CT molecular complexity index is 657. The maximum atomic E-state index is 13.9. The van der Waals surface area contributed by atoms with Crippen molar-refractivity contribution in [3.8, 4) is 5.69 Å². The van der Waals surface area contributed by atoms with Crippen LogP contribution in [0.3, 0.4) is 0 Å². The smallest absolute Gasteiger partial charge is 0.337 e. The minimum absolute atomic E-state index is 0.0504. The fourth-order valence-corrected chi connectivity index (χ4v) is 2.35. The number of benzene rings is 1. The van der Waals surface area contributed by atoms with Crippen molar-refractivity contribution in [2.45, 2.75) is 13.8 Å². The molecule has 19 heavy (non-hydrogen) atoms. The zero-order valence-electron chi connectivity index (χ0n) is 10.2. The van der Waals surface area contributed by atoms with Crippen LogP contribution in [-0.2, 0) is 0 Å². The summed E-state index contributed by atoms with van der Waals surface area (Å²) in [5.74, 6) is -2.74. The van der Waals surface area contributed by atoms with E-state index in [1.165, 1.54) is 17.6 Å². The van der Waals surface area contributed by atoms with Gasteiger partial charge in [0, 0.05) is 17.5 Å². The largest absolute Gasteiger partial charge is 0.478 e. The van der Waals surface area contributed by atoms with Crippen molar-refractivity contribution in [3.63, 3.8) is 0 Å². The molecule has 1 heterocycles. The molecule has 1 aromatic heterocycles.